The highest BCUT2D eigenvalue weighted by Crippen LogP contribution is 1.99. The van der Waals surface area contributed by atoms with E-state index in [0.29, 0.717) is 31.7 Å². The van der Waals surface area contributed by atoms with E-state index >= 15 is 0 Å². The first kappa shape index (κ1) is 20.2. The van der Waals surface area contributed by atoms with Crippen molar-refractivity contribution in [2.24, 2.45) is 0 Å². The van der Waals surface area contributed by atoms with Crippen LogP contribution < -0.4 is 10.6 Å². The zero-order valence-electron chi connectivity index (χ0n) is 13.5. The first-order valence-electron chi connectivity index (χ1n) is 8.00. The van der Waals surface area contributed by atoms with E-state index in [9.17, 15) is 9.59 Å². The van der Waals surface area contributed by atoms with Gasteiger partial charge in [0.25, 0.3) is 0 Å². The minimum atomic E-state index is 0.0565. The van der Waals surface area contributed by atoms with E-state index in [1.165, 1.54) is 0 Å². The zero-order valence-corrected chi connectivity index (χ0v) is 14.4. The van der Waals surface area contributed by atoms with Crippen molar-refractivity contribution in [2.45, 2.75) is 46.0 Å². The third-order valence-electron chi connectivity index (χ3n) is 3.14. The van der Waals surface area contributed by atoms with Crippen molar-refractivity contribution in [2.75, 3.05) is 38.5 Å². The Balaban J connectivity index is 4.01. The molecule has 0 saturated carbocycles. The van der Waals surface area contributed by atoms with Crippen LogP contribution in [0.5, 0.6) is 0 Å². The molecule has 0 aromatic heterocycles. The summed E-state index contributed by atoms with van der Waals surface area (Å²) in [5.41, 5.74) is 0. The summed E-state index contributed by atoms with van der Waals surface area (Å²) in [6.45, 7) is 7.89. The molecule has 0 unspecified atom stereocenters. The van der Waals surface area contributed by atoms with Crippen molar-refractivity contribution in [3.8, 4) is 0 Å². The average molecular weight is 317 g/mol. The van der Waals surface area contributed by atoms with Gasteiger partial charge in [-0.25, -0.2) is 0 Å². The smallest absolute Gasteiger partial charge is 0.221 e. The predicted molar refractivity (Wildman–Crippen MR) is 90.7 cm³/mol. The summed E-state index contributed by atoms with van der Waals surface area (Å²) < 4.78 is 0. The molecule has 21 heavy (non-hydrogen) atoms. The fraction of sp³-hybridized carbons (Fsp3) is 0.867. The Kier molecular flexibility index (Phi) is 13.7. The third kappa shape index (κ3) is 12.7. The second-order valence-corrected chi connectivity index (χ2v) is 5.57. The number of thiol groups is 1. The van der Waals surface area contributed by atoms with Gasteiger partial charge in [-0.2, -0.15) is 12.6 Å². The summed E-state index contributed by atoms with van der Waals surface area (Å²) in [5.74, 6) is 0.807. The lowest BCUT2D eigenvalue weighted by atomic mass is 10.2. The summed E-state index contributed by atoms with van der Waals surface area (Å²) in [6, 6.07) is 0. The molecule has 6 heteroatoms. The molecule has 0 radical (unpaired) electrons. The van der Waals surface area contributed by atoms with Crippen molar-refractivity contribution in [3.63, 3.8) is 0 Å². The van der Waals surface area contributed by atoms with E-state index in [2.05, 4.69) is 35.1 Å². The number of nitrogens with one attached hydrogen (secondary N) is 2. The first-order valence-corrected chi connectivity index (χ1v) is 8.63. The number of amides is 2. The Morgan fingerprint density at radius 3 is 1.95 bits per heavy atom. The molecule has 0 fully saturated rings. The molecule has 0 spiro atoms. The second kappa shape index (κ2) is 14.2. The lowest BCUT2D eigenvalue weighted by Gasteiger charge is -2.21. The maximum absolute atomic E-state index is 11.6. The fourth-order valence-electron chi connectivity index (χ4n) is 1.87. The van der Waals surface area contributed by atoms with E-state index < -0.39 is 0 Å². The number of carbonyl (C=O) groups excluding carboxylic acids is 2. The number of unbranched alkanes of at least 4 members (excludes halogenated alkanes) is 1. The van der Waals surface area contributed by atoms with E-state index in [4.69, 9.17) is 0 Å². The largest absolute Gasteiger partial charge is 0.356 e. The second-order valence-electron chi connectivity index (χ2n) is 5.12. The summed E-state index contributed by atoms with van der Waals surface area (Å²) in [6.07, 6.45) is 4.14. The average Bonchev–Trinajstić information content (AvgIpc) is 2.49. The van der Waals surface area contributed by atoms with Crippen LogP contribution in [0.25, 0.3) is 0 Å². The van der Waals surface area contributed by atoms with E-state index in [1.54, 1.807) is 0 Å². The maximum Gasteiger partial charge on any atom is 0.221 e. The summed E-state index contributed by atoms with van der Waals surface area (Å²) in [5, 5.41) is 5.70. The van der Waals surface area contributed by atoms with Gasteiger partial charge in [0, 0.05) is 44.8 Å². The van der Waals surface area contributed by atoms with Gasteiger partial charge in [0.05, 0.1) is 0 Å². The van der Waals surface area contributed by atoms with Crippen molar-refractivity contribution < 1.29 is 9.59 Å². The molecular weight excluding hydrogens is 286 g/mol. The predicted octanol–water partition coefficient (Wildman–Crippen LogP) is 1.44. The van der Waals surface area contributed by atoms with Gasteiger partial charge in [-0.05, 0) is 19.4 Å². The van der Waals surface area contributed by atoms with Crippen LogP contribution in [0.15, 0.2) is 0 Å². The molecule has 0 rings (SSSR count). The van der Waals surface area contributed by atoms with Crippen LogP contribution in [0.1, 0.15) is 46.0 Å². The molecule has 0 heterocycles. The summed E-state index contributed by atoms with van der Waals surface area (Å²) >= 11 is 4.06. The Morgan fingerprint density at radius 2 is 1.48 bits per heavy atom. The van der Waals surface area contributed by atoms with Gasteiger partial charge in [0.15, 0.2) is 0 Å². The van der Waals surface area contributed by atoms with E-state index in [-0.39, 0.29) is 11.8 Å². The lowest BCUT2D eigenvalue weighted by Crippen LogP contribution is -2.35. The molecule has 0 bridgehead atoms. The Labute approximate surface area is 134 Å². The molecule has 0 aliphatic rings. The molecule has 0 aromatic carbocycles. The topological polar surface area (TPSA) is 61.4 Å². The SMILES string of the molecule is CCCCN(CCC(=O)NCCC)CCC(=O)NCCS. The van der Waals surface area contributed by atoms with Crippen LogP contribution in [0.4, 0.5) is 0 Å². The molecule has 124 valence electrons. The van der Waals surface area contributed by atoms with Gasteiger partial charge in [0.2, 0.25) is 11.8 Å². The molecule has 0 aliphatic carbocycles. The van der Waals surface area contributed by atoms with Gasteiger partial charge in [-0.15, -0.1) is 0 Å². The van der Waals surface area contributed by atoms with Crippen LogP contribution in [0.2, 0.25) is 0 Å². The van der Waals surface area contributed by atoms with Crippen LogP contribution in [-0.4, -0.2) is 55.2 Å². The molecule has 0 aliphatic heterocycles. The van der Waals surface area contributed by atoms with Crippen molar-refractivity contribution in [1.29, 1.82) is 0 Å². The monoisotopic (exact) mass is 317 g/mol. The zero-order chi connectivity index (χ0) is 15.9. The minimum absolute atomic E-state index is 0.0565. The summed E-state index contributed by atoms with van der Waals surface area (Å²) in [4.78, 5) is 25.4. The molecule has 2 amide bonds. The molecule has 2 N–H and O–H groups in total. The van der Waals surface area contributed by atoms with Gasteiger partial charge in [-0.3, -0.25) is 9.59 Å². The molecular formula is C15H31N3O2S. The normalized spacial score (nSPS) is 10.7. The Bertz CT molecular complexity index is 264. The molecule has 0 atom stereocenters. The Hall–Kier alpha value is -0.750. The molecule has 5 nitrogen and oxygen atoms in total. The van der Waals surface area contributed by atoms with E-state index in [1.807, 2.05) is 6.92 Å². The third-order valence-corrected chi connectivity index (χ3v) is 3.37. The quantitative estimate of drug-likeness (QED) is 0.451. The molecule has 0 saturated heterocycles. The van der Waals surface area contributed by atoms with Crippen molar-refractivity contribution in [3.05, 3.63) is 0 Å². The maximum atomic E-state index is 11.6. The first-order chi connectivity index (χ1) is 10.1. The van der Waals surface area contributed by atoms with Gasteiger partial charge >= 0.3 is 0 Å². The van der Waals surface area contributed by atoms with Crippen LogP contribution in [0.3, 0.4) is 0 Å². The van der Waals surface area contributed by atoms with Crippen molar-refractivity contribution >= 4 is 24.4 Å². The number of carbonyl (C=O) groups is 2. The summed E-state index contributed by atoms with van der Waals surface area (Å²) in [7, 11) is 0. The number of hydrogen-bond donors (Lipinski definition) is 3. The van der Waals surface area contributed by atoms with Crippen LogP contribution in [0, 0.1) is 0 Å². The van der Waals surface area contributed by atoms with Crippen molar-refractivity contribution in [1.82, 2.24) is 15.5 Å². The highest BCUT2D eigenvalue weighted by molar-refractivity contribution is 7.80. The highest BCUT2D eigenvalue weighted by atomic mass is 32.1. The van der Waals surface area contributed by atoms with Gasteiger partial charge < -0.3 is 15.5 Å². The number of rotatable bonds is 13. The van der Waals surface area contributed by atoms with Gasteiger partial charge in [-0.1, -0.05) is 20.3 Å². The van der Waals surface area contributed by atoms with E-state index in [0.717, 1.165) is 38.9 Å². The number of hydrogen-bond acceptors (Lipinski definition) is 4. The van der Waals surface area contributed by atoms with Crippen LogP contribution in [-0.2, 0) is 9.59 Å². The fourth-order valence-corrected chi connectivity index (χ4v) is 1.98. The lowest BCUT2D eigenvalue weighted by molar-refractivity contribution is -0.121. The Morgan fingerprint density at radius 1 is 0.905 bits per heavy atom. The minimum Gasteiger partial charge on any atom is -0.356 e. The molecule has 0 aromatic rings. The number of nitrogens with zero attached hydrogens (tertiary/aromatic N) is 1. The highest BCUT2D eigenvalue weighted by Gasteiger charge is 2.10. The van der Waals surface area contributed by atoms with Crippen LogP contribution >= 0.6 is 12.6 Å². The standard InChI is InChI=1S/C15H31N3O2S/c1-3-5-10-18(11-6-14(19)16-8-4-2)12-7-15(20)17-9-13-21/h21H,3-13H2,1-2H3,(H,16,19)(H,17,20). The van der Waals surface area contributed by atoms with Gasteiger partial charge in [0.1, 0.15) is 0 Å².